The van der Waals surface area contributed by atoms with E-state index in [9.17, 15) is 0 Å². The number of nitrogens with zero attached hydrogens (tertiary/aromatic N) is 4. The van der Waals surface area contributed by atoms with Crippen molar-refractivity contribution in [3.05, 3.63) is 17.6 Å². The molecule has 2 aromatic rings. The molecule has 0 spiro atoms. The summed E-state index contributed by atoms with van der Waals surface area (Å²) in [7, 11) is 1.96. The van der Waals surface area contributed by atoms with Gasteiger partial charge in [-0.2, -0.15) is 10.1 Å². The standard InChI is InChI=1S/C13H17N5O/c1-18-10(8-3-4-8)7-9(16-18)11-15-12(17-19-11)13(14)5-2-6-13/h7-8H,2-6,14H2,1H3. The predicted octanol–water partition coefficient (Wildman–Crippen LogP) is 1.69. The zero-order valence-electron chi connectivity index (χ0n) is 11.0. The van der Waals surface area contributed by atoms with Crippen molar-refractivity contribution in [3.8, 4) is 11.6 Å². The van der Waals surface area contributed by atoms with E-state index in [1.54, 1.807) is 0 Å². The fourth-order valence-corrected chi connectivity index (χ4v) is 2.66. The molecule has 0 amide bonds. The van der Waals surface area contributed by atoms with Crippen molar-refractivity contribution in [1.82, 2.24) is 19.9 Å². The van der Waals surface area contributed by atoms with Crippen LogP contribution in [0.1, 0.15) is 49.5 Å². The number of hydrogen-bond acceptors (Lipinski definition) is 5. The van der Waals surface area contributed by atoms with Crippen LogP contribution in [0.25, 0.3) is 11.6 Å². The first-order valence-corrected chi connectivity index (χ1v) is 6.83. The lowest BCUT2D eigenvalue weighted by Crippen LogP contribution is -2.44. The van der Waals surface area contributed by atoms with Gasteiger partial charge in [-0.1, -0.05) is 5.16 Å². The van der Waals surface area contributed by atoms with E-state index in [-0.39, 0.29) is 5.54 Å². The Kier molecular flexibility index (Phi) is 2.15. The summed E-state index contributed by atoms with van der Waals surface area (Å²) in [6.45, 7) is 0. The molecule has 2 fully saturated rings. The summed E-state index contributed by atoms with van der Waals surface area (Å²) in [4.78, 5) is 4.43. The number of aryl methyl sites for hydroxylation is 1. The van der Waals surface area contributed by atoms with Gasteiger partial charge in [-0.25, -0.2) is 0 Å². The molecular formula is C13H17N5O. The van der Waals surface area contributed by atoms with Crippen LogP contribution in [-0.2, 0) is 12.6 Å². The van der Waals surface area contributed by atoms with Gasteiger partial charge in [-0.15, -0.1) is 0 Å². The molecule has 0 aliphatic heterocycles. The topological polar surface area (TPSA) is 82.8 Å². The first-order chi connectivity index (χ1) is 9.16. The lowest BCUT2D eigenvalue weighted by Gasteiger charge is -2.34. The molecule has 0 saturated heterocycles. The molecular weight excluding hydrogens is 242 g/mol. The maximum absolute atomic E-state index is 6.20. The maximum atomic E-state index is 6.20. The van der Waals surface area contributed by atoms with Crippen LogP contribution < -0.4 is 5.73 Å². The zero-order valence-corrected chi connectivity index (χ0v) is 11.0. The molecule has 4 rings (SSSR count). The summed E-state index contributed by atoms with van der Waals surface area (Å²) >= 11 is 0. The van der Waals surface area contributed by atoms with Gasteiger partial charge in [-0.3, -0.25) is 4.68 Å². The number of rotatable bonds is 3. The van der Waals surface area contributed by atoms with Crippen LogP contribution in [0.2, 0.25) is 0 Å². The van der Waals surface area contributed by atoms with E-state index < -0.39 is 0 Å². The third kappa shape index (κ3) is 1.70. The van der Waals surface area contributed by atoms with Crippen molar-refractivity contribution in [3.63, 3.8) is 0 Å². The summed E-state index contributed by atoms with van der Waals surface area (Å²) in [6, 6.07) is 2.05. The van der Waals surface area contributed by atoms with Crippen LogP contribution >= 0.6 is 0 Å². The van der Waals surface area contributed by atoms with Gasteiger partial charge in [-0.05, 0) is 38.2 Å². The van der Waals surface area contributed by atoms with Crippen LogP contribution in [0.15, 0.2) is 10.6 Å². The highest BCUT2D eigenvalue weighted by Crippen LogP contribution is 2.41. The summed E-state index contributed by atoms with van der Waals surface area (Å²) in [5, 5.41) is 8.49. The van der Waals surface area contributed by atoms with E-state index in [1.807, 2.05) is 11.7 Å². The number of aromatic nitrogens is 4. The van der Waals surface area contributed by atoms with Crippen LogP contribution in [0.5, 0.6) is 0 Å². The van der Waals surface area contributed by atoms with E-state index >= 15 is 0 Å². The highest BCUT2D eigenvalue weighted by Gasteiger charge is 2.39. The van der Waals surface area contributed by atoms with Gasteiger partial charge in [0.2, 0.25) is 0 Å². The lowest BCUT2D eigenvalue weighted by molar-refractivity contribution is 0.229. The zero-order chi connectivity index (χ0) is 13.0. The summed E-state index contributed by atoms with van der Waals surface area (Å²) < 4.78 is 7.24. The molecule has 19 heavy (non-hydrogen) atoms. The van der Waals surface area contributed by atoms with Crippen molar-refractivity contribution in [2.75, 3.05) is 0 Å². The van der Waals surface area contributed by atoms with Gasteiger partial charge in [0, 0.05) is 18.7 Å². The molecule has 2 saturated carbocycles. The largest absolute Gasteiger partial charge is 0.332 e. The average molecular weight is 259 g/mol. The van der Waals surface area contributed by atoms with Crippen molar-refractivity contribution < 1.29 is 4.52 Å². The highest BCUT2D eigenvalue weighted by molar-refractivity contribution is 5.48. The fourth-order valence-electron chi connectivity index (χ4n) is 2.66. The van der Waals surface area contributed by atoms with Crippen LogP contribution in [-0.4, -0.2) is 19.9 Å². The van der Waals surface area contributed by atoms with Gasteiger partial charge in [0.05, 0.1) is 5.54 Å². The smallest absolute Gasteiger partial charge is 0.278 e. The molecule has 0 bridgehead atoms. The number of nitrogens with two attached hydrogens (primary N) is 1. The molecule has 2 aromatic heterocycles. The minimum atomic E-state index is -0.379. The molecule has 0 aromatic carbocycles. The Morgan fingerprint density at radius 2 is 2.21 bits per heavy atom. The van der Waals surface area contributed by atoms with Gasteiger partial charge in [0.15, 0.2) is 11.5 Å². The first-order valence-electron chi connectivity index (χ1n) is 6.83. The Hall–Kier alpha value is -1.69. The predicted molar refractivity (Wildman–Crippen MR) is 68.2 cm³/mol. The van der Waals surface area contributed by atoms with Crippen molar-refractivity contribution >= 4 is 0 Å². The summed E-state index contributed by atoms with van der Waals surface area (Å²) in [5.41, 5.74) is 7.83. The monoisotopic (exact) mass is 259 g/mol. The van der Waals surface area contributed by atoms with Crippen LogP contribution in [0, 0.1) is 0 Å². The molecule has 0 atom stereocenters. The molecule has 2 aliphatic carbocycles. The average Bonchev–Trinajstić information content (AvgIpc) is 2.94. The van der Waals surface area contributed by atoms with Crippen molar-refractivity contribution in [1.29, 1.82) is 0 Å². The SMILES string of the molecule is Cn1nc(-c2nc(C3(N)CCC3)no2)cc1C1CC1. The van der Waals surface area contributed by atoms with E-state index in [4.69, 9.17) is 10.3 Å². The summed E-state index contributed by atoms with van der Waals surface area (Å²) in [6.07, 6.45) is 5.50. The molecule has 100 valence electrons. The van der Waals surface area contributed by atoms with Gasteiger partial charge < -0.3 is 10.3 Å². The van der Waals surface area contributed by atoms with E-state index in [1.165, 1.54) is 18.5 Å². The van der Waals surface area contributed by atoms with E-state index in [2.05, 4.69) is 21.3 Å². The molecule has 2 N–H and O–H groups in total. The molecule has 6 nitrogen and oxygen atoms in total. The normalized spacial score (nSPS) is 21.4. The second-order valence-electron chi connectivity index (χ2n) is 5.79. The molecule has 2 heterocycles. The minimum absolute atomic E-state index is 0.379. The van der Waals surface area contributed by atoms with Gasteiger partial charge in [0.25, 0.3) is 5.89 Å². The first kappa shape index (κ1) is 11.2. The quantitative estimate of drug-likeness (QED) is 0.906. The molecule has 6 heteroatoms. The lowest BCUT2D eigenvalue weighted by atomic mass is 9.77. The fraction of sp³-hybridized carbons (Fsp3) is 0.615. The van der Waals surface area contributed by atoms with Gasteiger partial charge in [0.1, 0.15) is 0 Å². The maximum Gasteiger partial charge on any atom is 0.278 e. The van der Waals surface area contributed by atoms with E-state index in [0.717, 1.165) is 25.0 Å². The Morgan fingerprint density at radius 3 is 2.84 bits per heavy atom. The van der Waals surface area contributed by atoms with Crippen molar-refractivity contribution in [2.45, 2.75) is 43.6 Å². The minimum Gasteiger partial charge on any atom is -0.332 e. The summed E-state index contributed by atoms with van der Waals surface area (Å²) in [5.74, 6) is 1.75. The third-order valence-electron chi connectivity index (χ3n) is 4.25. The molecule has 2 aliphatic rings. The third-order valence-corrected chi connectivity index (χ3v) is 4.25. The number of hydrogen-bond donors (Lipinski definition) is 1. The Bertz CT molecular complexity index is 621. The van der Waals surface area contributed by atoms with Crippen LogP contribution in [0.3, 0.4) is 0 Å². The molecule has 0 radical (unpaired) electrons. The highest BCUT2D eigenvalue weighted by atomic mass is 16.5. The Balaban J connectivity index is 1.67. The van der Waals surface area contributed by atoms with Crippen LogP contribution in [0.4, 0.5) is 0 Å². The second-order valence-corrected chi connectivity index (χ2v) is 5.79. The molecule has 0 unspecified atom stereocenters. The van der Waals surface area contributed by atoms with Gasteiger partial charge >= 0.3 is 0 Å². The Labute approximate surface area is 111 Å². The second kappa shape index (κ2) is 3.66. The Morgan fingerprint density at radius 1 is 1.42 bits per heavy atom. The van der Waals surface area contributed by atoms with Crippen molar-refractivity contribution in [2.24, 2.45) is 12.8 Å². The van der Waals surface area contributed by atoms with E-state index in [0.29, 0.717) is 17.6 Å².